The van der Waals surface area contributed by atoms with E-state index in [0.29, 0.717) is 12.3 Å². The van der Waals surface area contributed by atoms with Gasteiger partial charge in [-0.1, -0.05) is 20.8 Å². The minimum absolute atomic E-state index is 0.286. The monoisotopic (exact) mass is 206 g/mol. The van der Waals surface area contributed by atoms with E-state index in [1.165, 1.54) is 0 Å². The van der Waals surface area contributed by atoms with Gasteiger partial charge < -0.3 is 0 Å². The first-order valence-electron chi connectivity index (χ1n) is 4.70. The van der Waals surface area contributed by atoms with E-state index in [1.807, 2.05) is 13.8 Å². The summed E-state index contributed by atoms with van der Waals surface area (Å²) in [4.78, 5) is 0. The lowest BCUT2D eigenvalue weighted by Crippen LogP contribution is -2.41. The van der Waals surface area contributed by atoms with Gasteiger partial charge in [-0.15, -0.1) is 0 Å². The minimum atomic E-state index is -3.86. The van der Waals surface area contributed by atoms with Gasteiger partial charge in [-0.2, -0.15) is 8.42 Å². The third-order valence-corrected chi connectivity index (χ3v) is 4.62. The first-order valence-corrected chi connectivity index (χ1v) is 6.20. The fourth-order valence-electron chi connectivity index (χ4n) is 2.51. The van der Waals surface area contributed by atoms with Crippen LogP contribution >= 0.6 is 0 Å². The van der Waals surface area contributed by atoms with E-state index in [-0.39, 0.29) is 5.41 Å². The maximum absolute atomic E-state index is 11.1. The first kappa shape index (κ1) is 11.0. The van der Waals surface area contributed by atoms with Crippen molar-refractivity contribution in [1.82, 2.24) is 0 Å². The molecule has 2 atom stereocenters. The van der Waals surface area contributed by atoms with E-state index in [2.05, 4.69) is 6.92 Å². The lowest BCUT2D eigenvalue weighted by atomic mass is 9.72. The molecule has 78 valence electrons. The number of rotatable bonds is 1. The molecule has 1 N–H and O–H groups in total. The van der Waals surface area contributed by atoms with Crippen LogP contribution in [-0.4, -0.2) is 18.2 Å². The van der Waals surface area contributed by atoms with Crippen LogP contribution in [0, 0.1) is 11.3 Å². The second-order valence-corrected chi connectivity index (χ2v) is 6.48. The molecule has 4 heteroatoms. The first-order chi connectivity index (χ1) is 5.73. The van der Waals surface area contributed by atoms with Crippen LogP contribution < -0.4 is 0 Å². The van der Waals surface area contributed by atoms with Gasteiger partial charge in [-0.3, -0.25) is 4.55 Å². The van der Waals surface area contributed by atoms with Gasteiger partial charge in [0.15, 0.2) is 0 Å². The van der Waals surface area contributed by atoms with E-state index >= 15 is 0 Å². The highest BCUT2D eigenvalue weighted by molar-refractivity contribution is 7.86. The van der Waals surface area contributed by atoms with Crippen LogP contribution in [0.5, 0.6) is 0 Å². The summed E-state index contributed by atoms with van der Waals surface area (Å²) in [6.45, 7) is 5.96. The summed E-state index contributed by atoms with van der Waals surface area (Å²) in [5.41, 5.74) is -0.286. The Morgan fingerprint density at radius 1 is 1.31 bits per heavy atom. The molecule has 0 radical (unpaired) electrons. The van der Waals surface area contributed by atoms with Crippen molar-refractivity contribution in [2.24, 2.45) is 11.3 Å². The van der Waals surface area contributed by atoms with Gasteiger partial charge in [0, 0.05) is 0 Å². The molecule has 0 aromatic rings. The van der Waals surface area contributed by atoms with E-state index in [1.54, 1.807) is 0 Å². The van der Waals surface area contributed by atoms with E-state index in [0.717, 1.165) is 12.8 Å². The zero-order chi connectivity index (χ0) is 10.3. The summed E-state index contributed by atoms with van der Waals surface area (Å²) in [5.74, 6) is 0.563. The van der Waals surface area contributed by atoms with Crippen molar-refractivity contribution in [3.8, 4) is 0 Å². The van der Waals surface area contributed by atoms with Gasteiger partial charge in [-0.05, 0) is 30.6 Å². The number of hydrogen-bond acceptors (Lipinski definition) is 2. The topological polar surface area (TPSA) is 54.4 Å². The van der Waals surface area contributed by atoms with Crippen LogP contribution in [0.3, 0.4) is 0 Å². The third-order valence-electron chi connectivity index (χ3n) is 3.03. The normalized spacial score (nSPS) is 34.5. The molecule has 0 spiro atoms. The lowest BCUT2D eigenvalue weighted by molar-refractivity contribution is 0.188. The Kier molecular flexibility index (Phi) is 2.74. The Morgan fingerprint density at radius 3 is 2.23 bits per heavy atom. The standard InChI is InChI=1S/C9H18O3S/c1-7-4-5-8(13(10,11)12)9(2,3)6-7/h7-8H,4-6H2,1-3H3,(H,10,11,12). The third kappa shape index (κ3) is 2.44. The summed E-state index contributed by atoms with van der Waals surface area (Å²) in [5, 5.41) is -0.573. The van der Waals surface area contributed by atoms with E-state index in [9.17, 15) is 8.42 Å². The molecule has 13 heavy (non-hydrogen) atoms. The highest BCUT2D eigenvalue weighted by Crippen LogP contribution is 2.41. The van der Waals surface area contributed by atoms with Crippen LogP contribution in [0.15, 0.2) is 0 Å². The van der Waals surface area contributed by atoms with Crippen LogP contribution in [0.25, 0.3) is 0 Å². The Balaban J connectivity index is 2.89. The fourth-order valence-corrected chi connectivity index (χ4v) is 3.85. The predicted octanol–water partition coefficient (Wildman–Crippen LogP) is 2.09. The van der Waals surface area contributed by atoms with E-state index < -0.39 is 15.4 Å². The lowest BCUT2D eigenvalue weighted by Gasteiger charge is -2.39. The SMILES string of the molecule is CC1CCC(S(=O)(=O)O)C(C)(C)C1. The van der Waals surface area contributed by atoms with Crippen molar-refractivity contribution >= 4 is 10.1 Å². The molecule has 1 saturated carbocycles. The predicted molar refractivity (Wildman–Crippen MR) is 52.1 cm³/mol. The van der Waals surface area contributed by atoms with Crippen molar-refractivity contribution in [2.75, 3.05) is 0 Å². The van der Waals surface area contributed by atoms with Gasteiger partial charge in [0.25, 0.3) is 10.1 Å². The van der Waals surface area contributed by atoms with Gasteiger partial charge >= 0.3 is 0 Å². The van der Waals surface area contributed by atoms with Crippen LogP contribution in [0.1, 0.15) is 40.0 Å². The highest BCUT2D eigenvalue weighted by Gasteiger charge is 2.42. The molecule has 1 aliphatic rings. The van der Waals surface area contributed by atoms with Crippen molar-refractivity contribution in [2.45, 2.75) is 45.3 Å². The summed E-state index contributed by atoms with van der Waals surface area (Å²) < 4.78 is 31.2. The second-order valence-electron chi connectivity index (χ2n) is 4.88. The number of hydrogen-bond donors (Lipinski definition) is 1. The maximum atomic E-state index is 11.1. The van der Waals surface area contributed by atoms with Crippen LogP contribution in [-0.2, 0) is 10.1 Å². The molecular weight excluding hydrogens is 188 g/mol. The highest BCUT2D eigenvalue weighted by atomic mass is 32.2. The zero-order valence-electron chi connectivity index (χ0n) is 8.45. The van der Waals surface area contributed by atoms with Crippen molar-refractivity contribution in [3.63, 3.8) is 0 Å². The van der Waals surface area contributed by atoms with Crippen LogP contribution in [0.4, 0.5) is 0 Å². The molecule has 0 bridgehead atoms. The average Bonchev–Trinajstić information content (AvgIpc) is 1.79. The molecule has 1 rings (SSSR count). The van der Waals surface area contributed by atoms with Gasteiger partial charge in [0.1, 0.15) is 0 Å². The van der Waals surface area contributed by atoms with Gasteiger partial charge in [0.2, 0.25) is 0 Å². The molecule has 1 aliphatic carbocycles. The fraction of sp³-hybridized carbons (Fsp3) is 1.00. The molecule has 0 aromatic carbocycles. The zero-order valence-corrected chi connectivity index (χ0v) is 9.26. The minimum Gasteiger partial charge on any atom is -0.285 e. The Bertz CT molecular complexity index is 279. The molecule has 0 amide bonds. The Labute approximate surface area is 80.3 Å². The molecule has 0 heterocycles. The summed E-state index contributed by atoms with van der Waals surface area (Å²) in [6.07, 6.45) is 2.36. The maximum Gasteiger partial charge on any atom is 0.268 e. The quantitative estimate of drug-likeness (QED) is 0.668. The smallest absolute Gasteiger partial charge is 0.268 e. The van der Waals surface area contributed by atoms with Crippen molar-refractivity contribution in [1.29, 1.82) is 0 Å². The molecule has 3 nitrogen and oxygen atoms in total. The molecule has 2 unspecified atom stereocenters. The largest absolute Gasteiger partial charge is 0.285 e. The molecule has 0 aromatic heterocycles. The molecular formula is C9H18O3S. The van der Waals surface area contributed by atoms with Gasteiger partial charge in [0.05, 0.1) is 5.25 Å². The van der Waals surface area contributed by atoms with Crippen molar-refractivity contribution in [3.05, 3.63) is 0 Å². The summed E-state index contributed by atoms with van der Waals surface area (Å²) >= 11 is 0. The van der Waals surface area contributed by atoms with Crippen molar-refractivity contribution < 1.29 is 13.0 Å². The van der Waals surface area contributed by atoms with E-state index in [4.69, 9.17) is 4.55 Å². The Hall–Kier alpha value is -0.0900. The Morgan fingerprint density at radius 2 is 1.85 bits per heavy atom. The molecule has 1 fully saturated rings. The van der Waals surface area contributed by atoms with Crippen LogP contribution in [0.2, 0.25) is 0 Å². The summed E-state index contributed by atoms with van der Waals surface area (Å²) in [6, 6.07) is 0. The second kappa shape index (κ2) is 3.24. The molecule has 0 saturated heterocycles. The van der Waals surface area contributed by atoms with Gasteiger partial charge in [-0.25, -0.2) is 0 Å². The average molecular weight is 206 g/mol. The molecule has 0 aliphatic heterocycles. The summed E-state index contributed by atoms with van der Waals surface area (Å²) in [7, 11) is -3.86.